The van der Waals surface area contributed by atoms with E-state index in [9.17, 15) is 0 Å². The summed E-state index contributed by atoms with van der Waals surface area (Å²) >= 11 is 5.78. The molecule has 0 spiro atoms. The van der Waals surface area contributed by atoms with Crippen molar-refractivity contribution < 1.29 is 14.2 Å². The van der Waals surface area contributed by atoms with Gasteiger partial charge in [0.25, 0.3) is 0 Å². The second kappa shape index (κ2) is 11.1. The fourth-order valence-electron chi connectivity index (χ4n) is 4.86. The first-order valence-electron chi connectivity index (χ1n) is 11.7. The number of rotatable bonds is 8. The zero-order valence-electron chi connectivity index (χ0n) is 19.0. The average Bonchev–Trinajstić information content (AvgIpc) is 2.87. The van der Waals surface area contributed by atoms with E-state index in [2.05, 4.69) is 22.3 Å². The predicted molar refractivity (Wildman–Crippen MR) is 132 cm³/mol. The van der Waals surface area contributed by atoms with Gasteiger partial charge in [0.15, 0.2) is 11.5 Å². The summed E-state index contributed by atoms with van der Waals surface area (Å²) in [5, 5.41) is 3.59. The third-order valence-corrected chi connectivity index (χ3v) is 7.09. The van der Waals surface area contributed by atoms with Crippen LogP contribution in [0, 0.1) is 0 Å². The van der Waals surface area contributed by atoms with Gasteiger partial charge in [-0.1, -0.05) is 61.8 Å². The van der Waals surface area contributed by atoms with E-state index in [-0.39, 0.29) is 5.54 Å². The molecule has 32 heavy (non-hydrogen) atoms. The van der Waals surface area contributed by atoms with Crippen LogP contribution in [-0.2, 0) is 11.3 Å². The van der Waals surface area contributed by atoms with Gasteiger partial charge in [-0.2, -0.15) is 0 Å². The van der Waals surface area contributed by atoms with Gasteiger partial charge in [0, 0.05) is 30.7 Å². The van der Waals surface area contributed by atoms with Crippen molar-refractivity contribution in [2.45, 2.75) is 44.2 Å². The number of nitrogens with one attached hydrogen (secondary N) is 1. The van der Waals surface area contributed by atoms with E-state index in [1.165, 1.54) is 32.1 Å². The Morgan fingerprint density at radius 2 is 1.78 bits per heavy atom. The number of methoxy groups -OCH3 is 1. The summed E-state index contributed by atoms with van der Waals surface area (Å²) in [6, 6.07) is 16.1. The summed E-state index contributed by atoms with van der Waals surface area (Å²) in [5.74, 6) is 1.42. The molecule has 0 bridgehead atoms. The molecular weight excluding hydrogens is 420 g/mol. The summed E-state index contributed by atoms with van der Waals surface area (Å²) in [6.45, 7) is 5.05. The van der Waals surface area contributed by atoms with Gasteiger partial charge in [-0.3, -0.25) is 4.90 Å². The summed E-state index contributed by atoms with van der Waals surface area (Å²) in [4.78, 5) is 3.39. The zero-order chi connectivity index (χ0) is 22.2. The Balaban J connectivity index is 1.40. The van der Waals surface area contributed by atoms with Crippen LogP contribution >= 0.6 is 12.2 Å². The lowest BCUT2D eigenvalue weighted by Crippen LogP contribution is -2.59. The highest BCUT2D eigenvalue weighted by Gasteiger charge is 2.38. The number of nitrogens with zero attached hydrogens (tertiary/aromatic N) is 1. The topological polar surface area (TPSA) is 43.0 Å². The monoisotopic (exact) mass is 454 g/mol. The third-order valence-electron chi connectivity index (χ3n) is 6.71. The number of benzene rings is 2. The molecule has 0 aromatic heterocycles. The number of hydrogen-bond donors (Lipinski definition) is 1. The molecule has 172 valence electrons. The fourth-order valence-corrected chi connectivity index (χ4v) is 5.06. The Bertz CT molecular complexity index is 878. The van der Waals surface area contributed by atoms with Crippen LogP contribution in [0.1, 0.15) is 43.2 Å². The van der Waals surface area contributed by atoms with E-state index < -0.39 is 0 Å². The van der Waals surface area contributed by atoms with E-state index in [1.807, 2.05) is 36.4 Å². The average molecular weight is 455 g/mol. The molecule has 1 heterocycles. The first-order chi connectivity index (χ1) is 15.7. The summed E-state index contributed by atoms with van der Waals surface area (Å²) in [7, 11) is 1.67. The quantitative estimate of drug-likeness (QED) is 0.589. The van der Waals surface area contributed by atoms with Crippen LogP contribution in [0.4, 0.5) is 0 Å². The summed E-state index contributed by atoms with van der Waals surface area (Å²) in [6.07, 6.45) is 6.34. The van der Waals surface area contributed by atoms with Crippen LogP contribution < -0.4 is 14.8 Å². The Kier molecular flexibility index (Phi) is 8.00. The van der Waals surface area contributed by atoms with E-state index in [0.717, 1.165) is 54.7 Å². The Labute approximate surface area is 197 Å². The van der Waals surface area contributed by atoms with E-state index in [1.54, 1.807) is 7.11 Å². The van der Waals surface area contributed by atoms with Gasteiger partial charge < -0.3 is 19.5 Å². The van der Waals surface area contributed by atoms with Crippen LogP contribution in [0.3, 0.4) is 0 Å². The fraction of sp³-hybridized carbons (Fsp3) is 0.500. The van der Waals surface area contributed by atoms with Crippen molar-refractivity contribution >= 4 is 17.2 Å². The molecule has 2 fully saturated rings. The van der Waals surface area contributed by atoms with Gasteiger partial charge in [0.2, 0.25) is 0 Å². The molecular formula is C26H34N2O3S. The second-order valence-corrected chi connectivity index (χ2v) is 9.12. The van der Waals surface area contributed by atoms with Crippen molar-refractivity contribution in [3.05, 3.63) is 59.7 Å². The van der Waals surface area contributed by atoms with Crippen molar-refractivity contribution in [3.8, 4) is 11.5 Å². The number of morpholine rings is 1. The molecule has 0 atom stereocenters. The van der Waals surface area contributed by atoms with Gasteiger partial charge >= 0.3 is 0 Å². The van der Waals surface area contributed by atoms with Gasteiger partial charge in [-0.15, -0.1) is 0 Å². The van der Waals surface area contributed by atoms with Gasteiger partial charge in [0.1, 0.15) is 11.6 Å². The Morgan fingerprint density at radius 3 is 2.50 bits per heavy atom. The van der Waals surface area contributed by atoms with Crippen LogP contribution in [0.2, 0.25) is 0 Å². The molecule has 1 saturated carbocycles. The SMILES string of the molecule is COc1cc(C(=S)NCC2(N3CCOCC3)CCCCC2)ccc1OCc1ccccc1. The lowest BCUT2D eigenvalue weighted by Gasteiger charge is -2.48. The minimum atomic E-state index is 0.176. The number of ether oxygens (including phenoxy) is 3. The summed E-state index contributed by atoms with van der Waals surface area (Å²) < 4.78 is 17.2. The number of hydrogen-bond acceptors (Lipinski definition) is 5. The zero-order valence-corrected chi connectivity index (χ0v) is 19.8. The lowest BCUT2D eigenvalue weighted by atomic mass is 9.79. The summed E-state index contributed by atoms with van der Waals surface area (Å²) in [5.41, 5.74) is 2.25. The van der Waals surface area contributed by atoms with Crippen molar-refractivity contribution in [3.63, 3.8) is 0 Å². The van der Waals surface area contributed by atoms with Crippen LogP contribution in [0.25, 0.3) is 0 Å². The standard InChI is InChI=1S/C26H34N2O3S/c1-29-24-18-22(10-11-23(24)31-19-21-8-4-2-5-9-21)25(32)27-20-26(12-6-3-7-13-26)28-14-16-30-17-15-28/h2,4-5,8-11,18H,3,6-7,12-17,19-20H2,1H3,(H,27,32). The minimum Gasteiger partial charge on any atom is -0.493 e. The molecule has 4 rings (SSSR count). The molecule has 2 aliphatic rings. The maximum Gasteiger partial charge on any atom is 0.161 e. The van der Waals surface area contributed by atoms with Crippen molar-refractivity contribution in [2.75, 3.05) is 40.0 Å². The highest BCUT2D eigenvalue weighted by atomic mass is 32.1. The van der Waals surface area contributed by atoms with Crippen molar-refractivity contribution in [1.82, 2.24) is 10.2 Å². The van der Waals surface area contributed by atoms with Crippen LogP contribution in [-0.4, -0.2) is 55.4 Å². The molecule has 0 amide bonds. The maximum absolute atomic E-state index is 5.99. The maximum atomic E-state index is 5.99. The molecule has 0 radical (unpaired) electrons. The minimum absolute atomic E-state index is 0.176. The smallest absolute Gasteiger partial charge is 0.161 e. The molecule has 1 aliphatic heterocycles. The van der Waals surface area contributed by atoms with Crippen LogP contribution in [0.5, 0.6) is 11.5 Å². The van der Waals surface area contributed by atoms with E-state index >= 15 is 0 Å². The van der Waals surface area contributed by atoms with Crippen LogP contribution in [0.15, 0.2) is 48.5 Å². The second-order valence-electron chi connectivity index (χ2n) is 8.71. The molecule has 2 aromatic rings. The largest absolute Gasteiger partial charge is 0.493 e. The molecule has 6 heteroatoms. The van der Waals surface area contributed by atoms with Gasteiger partial charge in [-0.25, -0.2) is 0 Å². The Morgan fingerprint density at radius 1 is 1.03 bits per heavy atom. The normalized spacial score (nSPS) is 18.7. The van der Waals surface area contributed by atoms with Gasteiger partial charge in [-0.05, 0) is 36.6 Å². The molecule has 2 aromatic carbocycles. The lowest BCUT2D eigenvalue weighted by molar-refractivity contribution is -0.0351. The van der Waals surface area contributed by atoms with E-state index in [0.29, 0.717) is 12.4 Å². The van der Waals surface area contributed by atoms with Crippen molar-refractivity contribution in [1.29, 1.82) is 0 Å². The molecule has 1 aliphatic carbocycles. The number of thiocarbonyl (C=S) groups is 1. The Hall–Kier alpha value is -2.15. The molecule has 0 unspecified atom stereocenters. The highest BCUT2D eigenvalue weighted by Crippen LogP contribution is 2.34. The molecule has 5 nitrogen and oxygen atoms in total. The van der Waals surface area contributed by atoms with Crippen molar-refractivity contribution in [2.24, 2.45) is 0 Å². The molecule has 1 saturated heterocycles. The third kappa shape index (κ3) is 5.61. The van der Waals surface area contributed by atoms with Gasteiger partial charge in [0.05, 0.1) is 20.3 Å². The first kappa shape index (κ1) is 23.0. The predicted octanol–water partition coefficient (Wildman–Crippen LogP) is 4.57. The first-order valence-corrected chi connectivity index (χ1v) is 12.1. The highest BCUT2D eigenvalue weighted by molar-refractivity contribution is 7.80. The van der Waals surface area contributed by atoms with E-state index in [4.69, 9.17) is 26.4 Å². The molecule has 1 N–H and O–H groups in total.